The zero-order valence-electron chi connectivity index (χ0n) is 11.6. The van der Waals surface area contributed by atoms with E-state index >= 15 is 0 Å². The molecule has 6 heteroatoms. The topological polar surface area (TPSA) is 81.5 Å². The summed E-state index contributed by atoms with van der Waals surface area (Å²) >= 11 is 5.84. The first-order valence-electron chi connectivity index (χ1n) is 6.79. The van der Waals surface area contributed by atoms with Crippen molar-refractivity contribution in [2.75, 3.05) is 6.61 Å². The highest BCUT2D eigenvalue weighted by Crippen LogP contribution is 2.27. The van der Waals surface area contributed by atoms with Crippen molar-refractivity contribution in [3.63, 3.8) is 0 Å². The minimum absolute atomic E-state index is 0.00634. The third-order valence-corrected chi connectivity index (χ3v) is 3.56. The van der Waals surface area contributed by atoms with Crippen molar-refractivity contribution in [2.24, 2.45) is 4.99 Å². The Balaban J connectivity index is 2.01. The molecule has 0 saturated carbocycles. The van der Waals surface area contributed by atoms with E-state index in [1.54, 1.807) is 18.3 Å². The van der Waals surface area contributed by atoms with Gasteiger partial charge < -0.3 is 15.2 Å². The van der Waals surface area contributed by atoms with Gasteiger partial charge in [0.15, 0.2) is 5.88 Å². The Morgan fingerprint density at radius 3 is 2.86 bits per heavy atom. The molecule has 0 saturated heterocycles. The second-order valence-electron chi connectivity index (χ2n) is 4.78. The average Bonchev–Trinajstić information content (AvgIpc) is 2.81. The molecular weight excluding hydrogens is 302 g/mol. The summed E-state index contributed by atoms with van der Waals surface area (Å²) in [6.07, 6.45) is 2.12. The van der Waals surface area contributed by atoms with Crippen molar-refractivity contribution in [3.8, 4) is 5.88 Å². The highest BCUT2D eigenvalue weighted by molar-refractivity contribution is 6.29. The molecule has 0 aliphatic rings. The molecule has 0 spiro atoms. The normalized spacial score (nSPS) is 11.5. The number of nitrogens with zero attached hydrogens (tertiary/aromatic N) is 2. The van der Waals surface area contributed by atoms with E-state index in [1.165, 1.54) is 0 Å². The molecule has 5 nitrogen and oxygen atoms in total. The van der Waals surface area contributed by atoms with Crippen LogP contribution in [0.1, 0.15) is 11.1 Å². The van der Waals surface area contributed by atoms with Crippen LogP contribution in [0, 0.1) is 0 Å². The Morgan fingerprint density at radius 1 is 1.23 bits per heavy atom. The fourth-order valence-corrected chi connectivity index (χ4v) is 2.44. The van der Waals surface area contributed by atoms with Gasteiger partial charge in [0.25, 0.3) is 0 Å². The number of fused-ring (bicyclic) bond motifs is 1. The molecule has 0 amide bonds. The van der Waals surface area contributed by atoms with E-state index in [-0.39, 0.29) is 12.5 Å². The second-order valence-corrected chi connectivity index (χ2v) is 5.17. The van der Waals surface area contributed by atoms with Crippen LogP contribution in [0.2, 0.25) is 5.15 Å². The lowest BCUT2D eigenvalue weighted by atomic mass is 10.1. The van der Waals surface area contributed by atoms with E-state index in [4.69, 9.17) is 16.7 Å². The first kappa shape index (κ1) is 14.6. The number of aliphatic hydroxyl groups excluding tert-OH is 1. The Hall–Kier alpha value is -2.37. The monoisotopic (exact) mass is 315 g/mol. The summed E-state index contributed by atoms with van der Waals surface area (Å²) in [4.78, 5) is 11.3. The third-order valence-electron chi connectivity index (χ3n) is 3.35. The van der Waals surface area contributed by atoms with E-state index in [9.17, 15) is 5.11 Å². The molecule has 3 aromatic rings. The summed E-state index contributed by atoms with van der Waals surface area (Å²) < 4.78 is 0. The second kappa shape index (κ2) is 6.17. The van der Waals surface area contributed by atoms with E-state index in [1.807, 2.05) is 24.3 Å². The maximum atomic E-state index is 10.0. The maximum absolute atomic E-state index is 10.0. The summed E-state index contributed by atoms with van der Waals surface area (Å²) in [5.74, 6) is -0.00634. The Morgan fingerprint density at radius 2 is 2.05 bits per heavy atom. The van der Waals surface area contributed by atoms with Crippen molar-refractivity contribution in [3.05, 3.63) is 52.7 Å². The van der Waals surface area contributed by atoms with Crippen LogP contribution in [-0.4, -0.2) is 33.0 Å². The molecule has 0 unspecified atom stereocenters. The first-order chi connectivity index (χ1) is 10.7. The number of H-pyrrole nitrogens is 1. The summed E-state index contributed by atoms with van der Waals surface area (Å²) in [6.45, 7) is 0.0628. The fourth-order valence-electron chi connectivity index (χ4n) is 2.29. The molecular formula is C16H14ClN3O2. The molecule has 3 rings (SSSR count). The zero-order valence-corrected chi connectivity index (χ0v) is 12.4. The van der Waals surface area contributed by atoms with Crippen molar-refractivity contribution in [1.82, 2.24) is 9.97 Å². The lowest BCUT2D eigenvalue weighted by molar-refractivity contribution is 0.300. The number of aromatic hydroxyl groups is 1. The molecule has 2 aromatic heterocycles. The molecule has 0 atom stereocenters. The predicted octanol–water partition coefficient (Wildman–Crippen LogP) is 3.21. The van der Waals surface area contributed by atoms with Gasteiger partial charge in [-0.15, -0.1) is 0 Å². The van der Waals surface area contributed by atoms with Crippen LogP contribution in [0.4, 0.5) is 5.69 Å². The molecule has 0 bridgehead atoms. The van der Waals surface area contributed by atoms with E-state index < -0.39 is 0 Å². The van der Waals surface area contributed by atoms with Crippen LogP contribution in [0.3, 0.4) is 0 Å². The van der Waals surface area contributed by atoms with Gasteiger partial charge in [-0.05, 0) is 30.2 Å². The largest absolute Gasteiger partial charge is 0.494 e. The van der Waals surface area contributed by atoms with Crippen LogP contribution in [0.5, 0.6) is 5.88 Å². The first-order valence-corrected chi connectivity index (χ1v) is 7.17. The van der Waals surface area contributed by atoms with E-state index in [0.717, 1.165) is 16.6 Å². The van der Waals surface area contributed by atoms with Crippen LogP contribution in [0.25, 0.3) is 11.0 Å². The Kier molecular flexibility index (Phi) is 4.09. The van der Waals surface area contributed by atoms with Crippen molar-refractivity contribution >= 4 is 34.5 Å². The zero-order chi connectivity index (χ0) is 15.5. The number of aromatic nitrogens is 2. The highest BCUT2D eigenvalue weighted by atomic mass is 35.5. The van der Waals surface area contributed by atoms with Crippen molar-refractivity contribution in [2.45, 2.75) is 6.42 Å². The average molecular weight is 316 g/mol. The van der Waals surface area contributed by atoms with Gasteiger partial charge in [0.1, 0.15) is 10.8 Å². The molecule has 1 aromatic carbocycles. The Labute approximate surface area is 131 Å². The minimum atomic E-state index is -0.00634. The van der Waals surface area contributed by atoms with Crippen LogP contribution < -0.4 is 0 Å². The fraction of sp³-hybridized carbons (Fsp3) is 0.125. The van der Waals surface area contributed by atoms with Gasteiger partial charge in [0, 0.05) is 18.2 Å². The number of aliphatic hydroxyl groups is 1. The molecule has 0 aliphatic carbocycles. The van der Waals surface area contributed by atoms with Gasteiger partial charge in [0.2, 0.25) is 0 Å². The molecule has 3 N–H and O–H groups in total. The van der Waals surface area contributed by atoms with Crippen molar-refractivity contribution in [1.29, 1.82) is 0 Å². The lowest BCUT2D eigenvalue weighted by Crippen LogP contribution is -1.91. The molecule has 0 fully saturated rings. The number of halogens is 1. The SMILES string of the molecule is OCCc1ccccc1N=Cc1c(O)[nH]c2nc(Cl)ccc12. The number of rotatable bonds is 4. The molecule has 2 heterocycles. The molecule has 22 heavy (non-hydrogen) atoms. The number of para-hydroxylation sites is 1. The smallest absolute Gasteiger partial charge is 0.199 e. The highest BCUT2D eigenvalue weighted by Gasteiger charge is 2.10. The number of benzene rings is 1. The summed E-state index contributed by atoms with van der Waals surface area (Å²) in [6, 6.07) is 11.0. The molecule has 0 aliphatic heterocycles. The standard InChI is InChI=1S/C16H14ClN3O2/c17-14-6-5-11-12(16(22)20-15(11)19-14)9-18-13-4-2-1-3-10(13)7-8-21/h1-6,9,21-22H,7-8H2,(H,19,20). The Bertz CT molecular complexity index is 843. The number of aliphatic imine (C=N–C) groups is 1. The molecule has 112 valence electrons. The summed E-state index contributed by atoms with van der Waals surface area (Å²) in [5, 5.41) is 20.2. The lowest BCUT2D eigenvalue weighted by Gasteiger charge is -2.02. The van der Waals surface area contributed by atoms with Gasteiger partial charge in [-0.3, -0.25) is 4.99 Å². The van der Waals surface area contributed by atoms with Crippen LogP contribution in [0.15, 0.2) is 41.4 Å². The quantitative estimate of drug-likeness (QED) is 0.511. The minimum Gasteiger partial charge on any atom is -0.494 e. The predicted molar refractivity (Wildman–Crippen MR) is 87.3 cm³/mol. The number of pyridine rings is 1. The number of aromatic amines is 1. The van der Waals surface area contributed by atoms with E-state index in [2.05, 4.69) is 15.0 Å². The summed E-state index contributed by atoms with van der Waals surface area (Å²) in [5.41, 5.74) is 2.77. The molecule has 0 radical (unpaired) electrons. The summed E-state index contributed by atoms with van der Waals surface area (Å²) in [7, 11) is 0. The number of hydrogen-bond donors (Lipinski definition) is 3. The maximum Gasteiger partial charge on any atom is 0.199 e. The van der Waals surface area contributed by atoms with Gasteiger partial charge >= 0.3 is 0 Å². The van der Waals surface area contributed by atoms with Gasteiger partial charge in [-0.1, -0.05) is 29.8 Å². The van der Waals surface area contributed by atoms with Crippen LogP contribution in [-0.2, 0) is 6.42 Å². The van der Waals surface area contributed by atoms with Gasteiger partial charge in [-0.25, -0.2) is 4.98 Å². The third kappa shape index (κ3) is 2.81. The van der Waals surface area contributed by atoms with Crippen LogP contribution >= 0.6 is 11.6 Å². The van der Waals surface area contributed by atoms with Gasteiger partial charge in [0.05, 0.1) is 11.3 Å². The van der Waals surface area contributed by atoms with Crippen molar-refractivity contribution < 1.29 is 10.2 Å². The van der Waals surface area contributed by atoms with E-state index in [0.29, 0.717) is 22.8 Å². The van der Waals surface area contributed by atoms with Gasteiger partial charge in [-0.2, -0.15) is 0 Å². The number of nitrogens with one attached hydrogen (secondary N) is 1. The number of hydrogen-bond acceptors (Lipinski definition) is 4.